The number of esters is 1. The molecule has 0 atom stereocenters. The van der Waals surface area contributed by atoms with Crippen LogP contribution in [0.1, 0.15) is 16.7 Å². The molecule has 1 aromatic heterocycles. The van der Waals surface area contributed by atoms with Crippen LogP contribution in [0, 0.1) is 13.8 Å². The number of benzene rings is 2. The molecule has 5 nitrogen and oxygen atoms in total. The Labute approximate surface area is 161 Å². The van der Waals surface area contributed by atoms with Gasteiger partial charge in [0.25, 0.3) is 0 Å². The first kappa shape index (κ1) is 19.0. The van der Waals surface area contributed by atoms with E-state index in [0.29, 0.717) is 11.1 Å². The molecule has 0 saturated heterocycles. The minimum Gasteiger partial charge on any atom is -0.497 e. The van der Waals surface area contributed by atoms with E-state index in [1.165, 1.54) is 17.8 Å². The summed E-state index contributed by atoms with van der Waals surface area (Å²) in [6.07, 6.45) is 0. The van der Waals surface area contributed by atoms with Gasteiger partial charge in [-0.3, -0.25) is 4.79 Å². The van der Waals surface area contributed by atoms with Crippen LogP contribution in [0.3, 0.4) is 0 Å². The molecule has 1 heterocycles. The molecular formula is C21H20O5S. The molecule has 0 aliphatic heterocycles. The lowest BCUT2D eigenvalue weighted by molar-refractivity contribution is -0.141. The number of rotatable bonds is 6. The Morgan fingerprint density at radius 3 is 2.56 bits per heavy atom. The van der Waals surface area contributed by atoms with E-state index >= 15 is 0 Å². The first-order valence-corrected chi connectivity index (χ1v) is 9.42. The van der Waals surface area contributed by atoms with Gasteiger partial charge in [0.2, 0.25) is 0 Å². The highest BCUT2D eigenvalue weighted by atomic mass is 32.2. The van der Waals surface area contributed by atoms with Crippen molar-refractivity contribution in [1.82, 2.24) is 0 Å². The quantitative estimate of drug-likeness (QED) is 0.360. The summed E-state index contributed by atoms with van der Waals surface area (Å²) in [5, 5.41) is 0.785. The zero-order chi connectivity index (χ0) is 19.4. The van der Waals surface area contributed by atoms with E-state index in [2.05, 4.69) is 0 Å². The van der Waals surface area contributed by atoms with E-state index in [1.54, 1.807) is 7.11 Å². The largest absolute Gasteiger partial charge is 0.497 e. The Kier molecular flexibility index (Phi) is 5.86. The van der Waals surface area contributed by atoms with Gasteiger partial charge in [0.05, 0.1) is 12.9 Å². The van der Waals surface area contributed by atoms with E-state index in [-0.39, 0.29) is 18.3 Å². The highest BCUT2D eigenvalue weighted by Crippen LogP contribution is 2.24. The molecule has 0 saturated carbocycles. The molecule has 0 spiro atoms. The minimum atomic E-state index is -0.449. The number of hydrogen-bond donors (Lipinski definition) is 0. The van der Waals surface area contributed by atoms with Gasteiger partial charge in [-0.25, -0.2) is 4.79 Å². The maximum absolute atomic E-state index is 12.1. The standard InChI is InChI=1S/C21H20O5S/c1-13-4-9-18-15(10-19(22)26-21(18)14(13)2)11-25-20(23)12-27-17-7-5-16(24-3)6-8-17/h4-10H,11-12H2,1-3H3. The van der Waals surface area contributed by atoms with Gasteiger partial charge in [-0.2, -0.15) is 0 Å². The lowest BCUT2D eigenvalue weighted by Crippen LogP contribution is -2.09. The average Bonchev–Trinajstić information content (AvgIpc) is 2.68. The molecule has 6 heteroatoms. The predicted molar refractivity (Wildman–Crippen MR) is 105 cm³/mol. The van der Waals surface area contributed by atoms with Gasteiger partial charge in [-0.1, -0.05) is 12.1 Å². The SMILES string of the molecule is COc1ccc(SCC(=O)OCc2cc(=O)oc3c(C)c(C)ccc23)cc1. The van der Waals surface area contributed by atoms with Crippen molar-refractivity contribution in [3.8, 4) is 5.75 Å². The third kappa shape index (κ3) is 4.52. The lowest BCUT2D eigenvalue weighted by atomic mass is 10.0. The van der Waals surface area contributed by atoms with Gasteiger partial charge in [0.15, 0.2) is 0 Å². The van der Waals surface area contributed by atoms with Crippen molar-refractivity contribution in [2.24, 2.45) is 0 Å². The van der Waals surface area contributed by atoms with E-state index in [1.807, 2.05) is 50.2 Å². The molecule has 0 amide bonds. The topological polar surface area (TPSA) is 65.7 Å². The minimum absolute atomic E-state index is 0.0343. The molecule has 0 fully saturated rings. The molecule has 27 heavy (non-hydrogen) atoms. The molecule has 0 unspecified atom stereocenters. The third-order valence-electron chi connectivity index (χ3n) is 4.32. The summed E-state index contributed by atoms with van der Waals surface area (Å²) in [7, 11) is 1.61. The number of fused-ring (bicyclic) bond motifs is 1. The molecule has 0 bridgehead atoms. The van der Waals surface area contributed by atoms with Crippen molar-refractivity contribution < 1.29 is 18.7 Å². The zero-order valence-electron chi connectivity index (χ0n) is 15.4. The Morgan fingerprint density at radius 2 is 1.85 bits per heavy atom. The van der Waals surface area contributed by atoms with Gasteiger partial charge in [-0.05, 0) is 49.2 Å². The number of methoxy groups -OCH3 is 1. The maximum Gasteiger partial charge on any atom is 0.336 e. The number of ether oxygens (including phenoxy) is 2. The zero-order valence-corrected chi connectivity index (χ0v) is 16.2. The first-order valence-electron chi connectivity index (χ1n) is 8.43. The van der Waals surface area contributed by atoms with Gasteiger partial charge >= 0.3 is 11.6 Å². The second kappa shape index (κ2) is 8.31. The third-order valence-corrected chi connectivity index (χ3v) is 5.31. The molecule has 0 aliphatic carbocycles. The summed E-state index contributed by atoms with van der Waals surface area (Å²) in [5.41, 5.74) is 2.69. The second-order valence-electron chi connectivity index (χ2n) is 6.10. The first-order chi connectivity index (χ1) is 13.0. The van der Waals surface area contributed by atoms with Crippen molar-refractivity contribution in [2.75, 3.05) is 12.9 Å². The molecule has 2 aromatic carbocycles. The number of hydrogen-bond acceptors (Lipinski definition) is 6. The van der Waals surface area contributed by atoms with Gasteiger partial charge in [0.1, 0.15) is 17.9 Å². The Bertz CT molecular complexity index is 1020. The normalized spacial score (nSPS) is 10.8. The van der Waals surface area contributed by atoms with Gasteiger partial charge in [0, 0.05) is 21.9 Å². The van der Waals surface area contributed by atoms with Crippen molar-refractivity contribution in [1.29, 1.82) is 0 Å². The molecular weight excluding hydrogens is 364 g/mol. The summed E-state index contributed by atoms with van der Waals surface area (Å²) in [6.45, 7) is 3.90. The number of aryl methyl sites for hydroxylation is 2. The molecule has 0 aliphatic rings. The van der Waals surface area contributed by atoms with Crippen molar-refractivity contribution in [3.63, 3.8) is 0 Å². The summed E-state index contributed by atoms with van der Waals surface area (Å²) in [6, 6.07) is 12.7. The summed E-state index contributed by atoms with van der Waals surface area (Å²) >= 11 is 1.38. The summed E-state index contributed by atoms with van der Waals surface area (Å²) < 4.78 is 15.8. The van der Waals surface area contributed by atoms with E-state index in [9.17, 15) is 9.59 Å². The van der Waals surface area contributed by atoms with Crippen molar-refractivity contribution >= 4 is 28.7 Å². The average molecular weight is 384 g/mol. The van der Waals surface area contributed by atoms with Gasteiger partial charge in [-0.15, -0.1) is 11.8 Å². The van der Waals surface area contributed by atoms with Crippen LogP contribution in [-0.4, -0.2) is 18.8 Å². The second-order valence-corrected chi connectivity index (χ2v) is 7.15. The number of carbonyl (C=O) groups excluding carboxylic acids is 1. The van der Waals surface area contributed by atoms with Gasteiger partial charge < -0.3 is 13.9 Å². The van der Waals surface area contributed by atoms with E-state index < -0.39 is 5.63 Å². The Hall–Kier alpha value is -2.73. The fourth-order valence-electron chi connectivity index (χ4n) is 2.66. The number of thioether (sulfide) groups is 1. The van der Waals surface area contributed by atoms with Crippen LogP contribution in [-0.2, 0) is 16.1 Å². The molecule has 140 valence electrons. The fourth-order valence-corrected chi connectivity index (χ4v) is 3.35. The molecule has 3 rings (SSSR count). The Balaban J connectivity index is 1.66. The van der Waals surface area contributed by atoms with Crippen LogP contribution in [0.5, 0.6) is 5.75 Å². The van der Waals surface area contributed by atoms with E-state index in [0.717, 1.165) is 27.2 Å². The summed E-state index contributed by atoms with van der Waals surface area (Å²) in [5.74, 6) is 0.604. The summed E-state index contributed by atoms with van der Waals surface area (Å²) in [4.78, 5) is 24.9. The van der Waals surface area contributed by atoms with Crippen molar-refractivity contribution in [2.45, 2.75) is 25.3 Å². The van der Waals surface area contributed by atoms with Crippen LogP contribution < -0.4 is 10.4 Å². The van der Waals surface area contributed by atoms with Crippen LogP contribution >= 0.6 is 11.8 Å². The lowest BCUT2D eigenvalue weighted by Gasteiger charge is -2.10. The molecule has 0 radical (unpaired) electrons. The number of carbonyl (C=O) groups is 1. The van der Waals surface area contributed by atoms with Crippen LogP contribution in [0.15, 0.2) is 56.6 Å². The van der Waals surface area contributed by atoms with E-state index in [4.69, 9.17) is 13.9 Å². The maximum atomic E-state index is 12.1. The molecule has 3 aromatic rings. The van der Waals surface area contributed by atoms with Crippen molar-refractivity contribution in [3.05, 3.63) is 69.6 Å². The Morgan fingerprint density at radius 1 is 1.11 bits per heavy atom. The fraction of sp³-hybridized carbons (Fsp3) is 0.238. The van der Waals surface area contributed by atoms with Crippen LogP contribution in [0.4, 0.5) is 0 Å². The van der Waals surface area contributed by atoms with Crippen LogP contribution in [0.25, 0.3) is 11.0 Å². The van der Waals surface area contributed by atoms with Crippen LogP contribution in [0.2, 0.25) is 0 Å². The predicted octanol–water partition coefficient (Wildman–Crippen LogP) is 4.25. The molecule has 0 N–H and O–H groups in total. The smallest absolute Gasteiger partial charge is 0.336 e. The monoisotopic (exact) mass is 384 g/mol. The highest BCUT2D eigenvalue weighted by Gasteiger charge is 2.12. The highest BCUT2D eigenvalue weighted by molar-refractivity contribution is 8.00.